The van der Waals surface area contributed by atoms with E-state index in [-0.39, 0.29) is 17.7 Å². The molecule has 0 aromatic heterocycles. The molecule has 4 nitrogen and oxygen atoms in total. The molecule has 1 aliphatic rings. The molecule has 1 N–H and O–H groups in total. The van der Waals surface area contributed by atoms with Gasteiger partial charge >= 0.3 is 5.97 Å². The minimum Gasteiger partial charge on any atom is -0.480 e. The molecule has 0 bridgehead atoms. The van der Waals surface area contributed by atoms with Crippen LogP contribution in [-0.2, 0) is 4.79 Å². The fraction of sp³-hybridized carbons (Fsp3) is 0.375. The number of carboxylic acid groups (broad SMARTS) is 1. The largest absolute Gasteiger partial charge is 0.480 e. The van der Waals surface area contributed by atoms with Gasteiger partial charge in [-0.25, -0.2) is 0 Å². The minimum atomic E-state index is -0.891. The summed E-state index contributed by atoms with van der Waals surface area (Å²) in [6, 6.07) is 6.68. The maximum absolute atomic E-state index is 12.3. The summed E-state index contributed by atoms with van der Waals surface area (Å²) in [6.07, 6.45) is 2.24. The van der Waals surface area contributed by atoms with Crippen LogP contribution in [0.5, 0.6) is 0 Å². The second-order valence-corrected chi connectivity index (χ2v) is 6.53. The average molecular weight is 308 g/mol. The van der Waals surface area contributed by atoms with Crippen LogP contribution in [0.4, 0.5) is 0 Å². The first-order chi connectivity index (χ1) is 9.77. The highest BCUT2D eigenvalue weighted by atomic mass is 35.5. The van der Waals surface area contributed by atoms with Gasteiger partial charge in [0.05, 0.1) is 0 Å². The summed E-state index contributed by atoms with van der Waals surface area (Å²) in [5, 5.41) is 9.55. The van der Waals surface area contributed by atoms with Crippen molar-refractivity contribution in [1.82, 2.24) is 4.90 Å². The van der Waals surface area contributed by atoms with Crippen molar-refractivity contribution >= 4 is 23.4 Å². The van der Waals surface area contributed by atoms with E-state index in [2.05, 4.69) is 13.8 Å². The second kappa shape index (κ2) is 5.90. The quantitative estimate of drug-likeness (QED) is 0.685. The predicted octanol–water partition coefficient (Wildman–Crippen LogP) is 3.22. The lowest BCUT2D eigenvalue weighted by molar-refractivity contribution is -0.137. The number of hydrogen-bond acceptors (Lipinski definition) is 3. The van der Waals surface area contributed by atoms with E-state index in [1.165, 1.54) is 0 Å². The third-order valence-electron chi connectivity index (χ3n) is 3.44. The molecule has 0 saturated carbocycles. The topological polar surface area (TPSA) is 57.6 Å². The third kappa shape index (κ3) is 4.08. The molecule has 0 amide bonds. The lowest BCUT2D eigenvalue weighted by Gasteiger charge is -2.19. The molecule has 1 aromatic rings. The number of nitrogens with zero attached hydrogens (tertiary/aromatic N) is 1. The Morgan fingerprint density at radius 3 is 2.52 bits per heavy atom. The third-order valence-corrected chi connectivity index (χ3v) is 3.69. The van der Waals surface area contributed by atoms with Gasteiger partial charge in [0.15, 0.2) is 5.78 Å². The van der Waals surface area contributed by atoms with Crippen molar-refractivity contribution in [3.8, 4) is 0 Å². The molecule has 1 saturated heterocycles. The Morgan fingerprint density at radius 2 is 1.95 bits per heavy atom. The predicted molar refractivity (Wildman–Crippen MR) is 81.5 cm³/mol. The Bertz CT molecular complexity index is 590. The van der Waals surface area contributed by atoms with Crippen molar-refractivity contribution in [2.24, 2.45) is 5.41 Å². The molecule has 0 spiro atoms. The number of allylic oxidation sites excluding steroid dienone is 2. The molecule has 2 rings (SSSR count). The molecule has 0 atom stereocenters. The van der Waals surface area contributed by atoms with Crippen LogP contribution in [0.2, 0.25) is 5.02 Å². The van der Waals surface area contributed by atoms with Crippen molar-refractivity contribution in [2.45, 2.75) is 20.3 Å². The van der Waals surface area contributed by atoms with Crippen molar-refractivity contribution in [2.75, 3.05) is 13.1 Å². The number of carboxylic acids is 1. The molecule has 21 heavy (non-hydrogen) atoms. The maximum Gasteiger partial charge on any atom is 0.323 e. The smallest absolute Gasteiger partial charge is 0.323 e. The number of ketones is 1. The molecule has 5 heteroatoms. The van der Waals surface area contributed by atoms with Crippen molar-refractivity contribution < 1.29 is 14.7 Å². The van der Waals surface area contributed by atoms with Gasteiger partial charge in [0.1, 0.15) is 6.54 Å². The SMILES string of the molecule is CC1(C)C/C(=C\C(=O)c2ccc(Cl)cc2)N(CC(=O)O)C1. The first-order valence-corrected chi connectivity index (χ1v) is 7.12. The molecule has 0 aliphatic carbocycles. The summed E-state index contributed by atoms with van der Waals surface area (Å²) in [4.78, 5) is 25.0. The van der Waals surface area contributed by atoms with Crippen LogP contribution in [0.15, 0.2) is 36.0 Å². The highest BCUT2D eigenvalue weighted by molar-refractivity contribution is 6.30. The van der Waals surface area contributed by atoms with Gasteiger partial charge in [0.25, 0.3) is 0 Å². The van der Waals surface area contributed by atoms with Crippen molar-refractivity contribution in [3.63, 3.8) is 0 Å². The number of likely N-dealkylation sites (tertiary alicyclic amines) is 1. The van der Waals surface area contributed by atoms with Crippen molar-refractivity contribution in [1.29, 1.82) is 0 Å². The van der Waals surface area contributed by atoms with Crippen LogP contribution in [0.1, 0.15) is 30.6 Å². The van der Waals surface area contributed by atoms with Gasteiger partial charge in [-0.15, -0.1) is 0 Å². The van der Waals surface area contributed by atoms with Gasteiger partial charge in [-0.1, -0.05) is 25.4 Å². The van der Waals surface area contributed by atoms with E-state index in [9.17, 15) is 9.59 Å². The number of rotatable bonds is 4. The summed E-state index contributed by atoms with van der Waals surface area (Å²) >= 11 is 5.80. The minimum absolute atomic E-state index is 0.0262. The van der Waals surface area contributed by atoms with E-state index >= 15 is 0 Å². The first kappa shape index (κ1) is 15.6. The monoisotopic (exact) mass is 307 g/mol. The number of benzene rings is 1. The summed E-state index contributed by atoms with van der Waals surface area (Å²) in [5.74, 6) is -1.02. The van der Waals surface area contributed by atoms with Gasteiger partial charge in [-0.2, -0.15) is 0 Å². The Balaban J connectivity index is 2.22. The molecule has 1 fully saturated rings. The zero-order valence-corrected chi connectivity index (χ0v) is 12.9. The van der Waals surface area contributed by atoms with E-state index in [1.54, 1.807) is 35.2 Å². The van der Waals surface area contributed by atoms with Gasteiger partial charge in [-0.3, -0.25) is 9.59 Å². The van der Waals surface area contributed by atoms with Gasteiger partial charge in [-0.05, 0) is 36.1 Å². The Kier molecular flexibility index (Phi) is 4.37. The van der Waals surface area contributed by atoms with Crippen LogP contribution >= 0.6 is 11.6 Å². The number of aliphatic carboxylic acids is 1. The van der Waals surface area contributed by atoms with Crippen LogP contribution < -0.4 is 0 Å². The first-order valence-electron chi connectivity index (χ1n) is 6.74. The summed E-state index contributed by atoms with van der Waals surface area (Å²) < 4.78 is 0. The van der Waals surface area contributed by atoms with E-state index in [1.807, 2.05) is 0 Å². The van der Waals surface area contributed by atoms with Crippen LogP contribution in [0.25, 0.3) is 0 Å². The molecule has 1 heterocycles. The van der Waals surface area contributed by atoms with Gasteiger partial charge < -0.3 is 10.0 Å². The van der Waals surface area contributed by atoms with Crippen LogP contribution in [0.3, 0.4) is 0 Å². The number of halogens is 1. The number of carbonyl (C=O) groups excluding carboxylic acids is 1. The molecular weight excluding hydrogens is 290 g/mol. The standard InChI is InChI=1S/C16H18ClNO3/c1-16(2)8-13(18(10-16)9-15(20)21)7-14(19)11-3-5-12(17)6-4-11/h3-7H,8-10H2,1-2H3,(H,20,21)/b13-7+. The number of carbonyl (C=O) groups is 2. The normalized spacial score (nSPS) is 19.0. The highest BCUT2D eigenvalue weighted by Gasteiger charge is 2.34. The summed E-state index contributed by atoms with van der Waals surface area (Å²) in [6.45, 7) is 4.69. The lowest BCUT2D eigenvalue weighted by atomic mass is 9.92. The van der Waals surface area contributed by atoms with E-state index in [0.717, 1.165) is 5.70 Å². The Hall–Kier alpha value is -1.81. The van der Waals surface area contributed by atoms with Crippen LogP contribution in [0, 0.1) is 5.41 Å². The summed E-state index contributed by atoms with van der Waals surface area (Å²) in [7, 11) is 0. The summed E-state index contributed by atoms with van der Waals surface area (Å²) in [5.41, 5.74) is 1.30. The maximum atomic E-state index is 12.3. The fourth-order valence-electron chi connectivity index (χ4n) is 2.59. The van der Waals surface area contributed by atoms with Gasteiger partial charge in [0, 0.05) is 28.9 Å². The molecule has 1 aliphatic heterocycles. The zero-order chi connectivity index (χ0) is 15.6. The molecule has 0 unspecified atom stereocenters. The second-order valence-electron chi connectivity index (χ2n) is 6.10. The highest BCUT2D eigenvalue weighted by Crippen LogP contribution is 2.36. The lowest BCUT2D eigenvalue weighted by Crippen LogP contribution is -2.28. The van der Waals surface area contributed by atoms with E-state index in [4.69, 9.17) is 16.7 Å². The van der Waals surface area contributed by atoms with Crippen molar-refractivity contribution in [3.05, 3.63) is 46.6 Å². The molecule has 112 valence electrons. The Labute approximate surface area is 129 Å². The molecule has 0 radical (unpaired) electrons. The molecular formula is C16H18ClNO3. The zero-order valence-electron chi connectivity index (χ0n) is 12.1. The van der Waals surface area contributed by atoms with Crippen LogP contribution in [-0.4, -0.2) is 34.8 Å². The van der Waals surface area contributed by atoms with E-state index in [0.29, 0.717) is 23.6 Å². The van der Waals surface area contributed by atoms with E-state index < -0.39 is 5.97 Å². The fourth-order valence-corrected chi connectivity index (χ4v) is 2.71. The number of hydrogen-bond donors (Lipinski definition) is 1. The Morgan fingerprint density at radius 1 is 1.33 bits per heavy atom. The average Bonchev–Trinajstić information content (AvgIpc) is 2.63. The molecule has 1 aromatic carbocycles. The van der Waals surface area contributed by atoms with Gasteiger partial charge in [0.2, 0.25) is 0 Å².